The number of likely N-dealkylation sites (N-methyl/N-ethyl adjacent to an activating group) is 1. The number of rotatable bonds is 10. The first-order valence-corrected chi connectivity index (χ1v) is 9.88. The highest BCUT2D eigenvalue weighted by Crippen LogP contribution is 2.19. The fourth-order valence-electron chi connectivity index (χ4n) is 2.01. The largest absolute Gasteiger partial charge is 0.444 e. The summed E-state index contributed by atoms with van der Waals surface area (Å²) >= 11 is 2.33. The summed E-state index contributed by atoms with van der Waals surface area (Å²) in [6, 6.07) is 0. The highest BCUT2D eigenvalue weighted by Gasteiger charge is 2.30. The van der Waals surface area contributed by atoms with Crippen LogP contribution in [0.15, 0.2) is 0 Å². The summed E-state index contributed by atoms with van der Waals surface area (Å²) in [7, 11) is 0. The van der Waals surface area contributed by atoms with E-state index in [1.807, 2.05) is 27.7 Å². The summed E-state index contributed by atoms with van der Waals surface area (Å²) < 4.78 is 12.4. The Labute approximate surface area is 150 Å². The molecule has 132 valence electrons. The van der Waals surface area contributed by atoms with E-state index in [-0.39, 0.29) is 11.7 Å². The van der Waals surface area contributed by atoms with E-state index in [4.69, 9.17) is 9.47 Å². The molecule has 0 spiro atoms. The molecule has 0 N–H and O–H groups in total. The van der Waals surface area contributed by atoms with Gasteiger partial charge < -0.3 is 14.4 Å². The van der Waals surface area contributed by atoms with Gasteiger partial charge in [0.25, 0.3) is 0 Å². The Kier molecular flexibility index (Phi) is 10.7. The molecule has 4 nitrogen and oxygen atoms in total. The van der Waals surface area contributed by atoms with Crippen molar-refractivity contribution >= 4 is 28.7 Å². The first-order valence-electron chi connectivity index (χ1n) is 8.35. The van der Waals surface area contributed by atoms with Crippen LogP contribution in [0.3, 0.4) is 0 Å². The van der Waals surface area contributed by atoms with E-state index in [0.717, 1.165) is 17.5 Å². The number of carbonyl (C=O) groups is 1. The van der Waals surface area contributed by atoms with Crippen molar-refractivity contribution in [1.82, 2.24) is 4.90 Å². The summed E-state index contributed by atoms with van der Waals surface area (Å²) in [5.74, 6) is 0. The normalized spacial score (nSPS) is 14.5. The highest BCUT2D eigenvalue weighted by atomic mass is 127. The van der Waals surface area contributed by atoms with Gasteiger partial charge in [-0.3, -0.25) is 0 Å². The van der Waals surface area contributed by atoms with Crippen LogP contribution in [0.25, 0.3) is 0 Å². The molecule has 0 radical (unpaired) electrons. The lowest BCUT2D eigenvalue weighted by atomic mass is 10.1. The molecule has 0 aromatic heterocycles. The zero-order chi connectivity index (χ0) is 17.2. The van der Waals surface area contributed by atoms with E-state index in [1.165, 1.54) is 19.3 Å². The van der Waals surface area contributed by atoms with Crippen molar-refractivity contribution in [3.8, 4) is 0 Å². The minimum Gasteiger partial charge on any atom is -0.444 e. The third-order valence-corrected chi connectivity index (χ3v) is 4.90. The fourth-order valence-corrected chi connectivity index (χ4v) is 2.47. The Balaban J connectivity index is 4.48. The van der Waals surface area contributed by atoms with Crippen LogP contribution >= 0.6 is 22.6 Å². The second-order valence-corrected chi connectivity index (χ2v) is 7.75. The molecule has 22 heavy (non-hydrogen) atoms. The van der Waals surface area contributed by atoms with Gasteiger partial charge in [0.15, 0.2) is 0 Å². The second kappa shape index (κ2) is 10.7. The van der Waals surface area contributed by atoms with Crippen molar-refractivity contribution in [1.29, 1.82) is 0 Å². The van der Waals surface area contributed by atoms with Crippen LogP contribution in [0.2, 0.25) is 0 Å². The van der Waals surface area contributed by atoms with Crippen LogP contribution in [-0.4, -0.2) is 46.3 Å². The third-order valence-electron chi connectivity index (χ3n) is 3.29. The summed E-state index contributed by atoms with van der Waals surface area (Å²) in [6.07, 6.45) is 4.51. The summed E-state index contributed by atoms with van der Waals surface area (Å²) in [5, 5.41) is 0. The molecule has 1 unspecified atom stereocenters. The number of nitrogens with zero attached hydrogens (tertiary/aromatic N) is 1. The summed E-state index contributed by atoms with van der Waals surface area (Å²) in [4.78, 5) is 14.0. The number of hydrogen-bond acceptors (Lipinski definition) is 3. The average Bonchev–Trinajstić information content (AvgIpc) is 2.42. The predicted octanol–water partition coefficient (Wildman–Crippen LogP) is 5.03. The van der Waals surface area contributed by atoms with E-state index in [9.17, 15) is 4.79 Å². The number of ether oxygens (including phenoxy) is 2. The van der Waals surface area contributed by atoms with Crippen LogP contribution in [-0.2, 0) is 9.47 Å². The maximum absolute atomic E-state index is 12.2. The Hall–Kier alpha value is -0.0400. The van der Waals surface area contributed by atoms with Crippen LogP contribution in [0.5, 0.6) is 0 Å². The van der Waals surface area contributed by atoms with Gasteiger partial charge in [0.1, 0.15) is 5.60 Å². The Morgan fingerprint density at radius 3 is 2.18 bits per heavy atom. The molecular weight excluding hydrogens is 393 g/mol. The number of unbranched alkanes of at least 4 members (excludes halogenated alkanes) is 3. The molecule has 0 aliphatic heterocycles. The minimum absolute atomic E-state index is 0.263. The van der Waals surface area contributed by atoms with Gasteiger partial charge in [-0.2, -0.15) is 0 Å². The molecule has 5 heteroatoms. The number of hydrogen-bond donors (Lipinski definition) is 0. The molecule has 0 saturated carbocycles. The fraction of sp³-hybridized carbons (Fsp3) is 0.941. The lowest BCUT2D eigenvalue weighted by Crippen LogP contribution is -2.48. The van der Waals surface area contributed by atoms with Crippen molar-refractivity contribution in [2.75, 3.05) is 24.1 Å². The molecule has 1 amide bonds. The highest BCUT2D eigenvalue weighted by molar-refractivity contribution is 14.1. The van der Waals surface area contributed by atoms with Gasteiger partial charge in [0, 0.05) is 17.6 Å². The number of carbonyl (C=O) groups excluding carboxylic acids is 1. The molecule has 1 atom stereocenters. The molecule has 0 rings (SSSR count). The molecule has 0 heterocycles. The molecule has 0 fully saturated rings. The summed E-state index contributed by atoms with van der Waals surface area (Å²) in [6.45, 7) is 13.9. The molecule has 0 saturated heterocycles. The molecular formula is C17H34INO3. The molecule has 0 aliphatic carbocycles. The Morgan fingerprint density at radius 1 is 1.09 bits per heavy atom. The van der Waals surface area contributed by atoms with Crippen LogP contribution in [0.4, 0.5) is 4.79 Å². The van der Waals surface area contributed by atoms with Gasteiger partial charge in [-0.15, -0.1) is 0 Å². The van der Waals surface area contributed by atoms with Gasteiger partial charge >= 0.3 is 6.09 Å². The van der Waals surface area contributed by atoms with E-state index in [2.05, 4.69) is 36.4 Å². The quantitative estimate of drug-likeness (QED) is 0.279. The third kappa shape index (κ3) is 9.87. The zero-order valence-electron chi connectivity index (χ0n) is 15.2. The van der Waals surface area contributed by atoms with Crippen molar-refractivity contribution in [3.63, 3.8) is 0 Å². The number of alkyl halides is 1. The minimum atomic E-state index is -0.466. The SMILES string of the molecule is CCCCCCOC(C)(CI)CN(CC)C(=O)OC(C)(C)C. The molecule has 0 aromatic rings. The predicted molar refractivity (Wildman–Crippen MR) is 101 cm³/mol. The van der Waals surface area contributed by atoms with Gasteiger partial charge in [-0.05, 0) is 41.0 Å². The monoisotopic (exact) mass is 427 g/mol. The number of amides is 1. The van der Waals surface area contributed by atoms with E-state index in [0.29, 0.717) is 13.1 Å². The Bertz CT molecular complexity index is 318. The molecule has 0 aromatic carbocycles. The summed E-state index contributed by atoms with van der Waals surface area (Å²) in [5.41, 5.74) is -0.786. The average molecular weight is 427 g/mol. The van der Waals surface area contributed by atoms with Crippen molar-refractivity contribution in [2.45, 2.75) is 78.4 Å². The van der Waals surface area contributed by atoms with E-state index in [1.54, 1.807) is 4.90 Å². The van der Waals surface area contributed by atoms with E-state index < -0.39 is 5.60 Å². The maximum Gasteiger partial charge on any atom is 0.410 e. The second-order valence-electron chi connectivity index (χ2n) is 6.99. The van der Waals surface area contributed by atoms with Crippen molar-refractivity contribution in [3.05, 3.63) is 0 Å². The van der Waals surface area contributed by atoms with Gasteiger partial charge in [-0.25, -0.2) is 4.79 Å². The van der Waals surface area contributed by atoms with Crippen LogP contribution < -0.4 is 0 Å². The smallest absolute Gasteiger partial charge is 0.410 e. The van der Waals surface area contributed by atoms with Gasteiger partial charge in [0.2, 0.25) is 0 Å². The molecule has 0 bridgehead atoms. The Morgan fingerprint density at radius 2 is 1.73 bits per heavy atom. The lowest BCUT2D eigenvalue weighted by Gasteiger charge is -2.35. The van der Waals surface area contributed by atoms with Gasteiger partial charge in [0.05, 0.1) is 12.1 Å². The van der Waals surface area contributed by atoms with Crippen LogP contribution in [0, 0.1) is 0 Å². The first-order chi connectivity index (χ1) is 10.2. The van der Waals surface area contributed by atoms with Crippen molar-refractivity contribution < 1.29 is 14.3 Å². The molecule has 0 aliphatic rings. The standard InChI is InChI=1S/C17H34INO3/c1-7-9-10-11-12-21-17(6,13-18)14-19(8-2)15(20)22-16(3,4)5/h7-14H2,1-6H3. The van der Waals surface area contributed by atoms with Crippen LogP contribution in [0.1, 0.15) is 67.2 Å². The zero-order valence-corrected chi connectivity index (χ0v) is 17.4. The topological polar surface area (TPSA) is 38.8 Å². The lowest BCUT2D eigenvalue weighted by molar-refractivity contribution is -0.0424. The van der Waals surface area contributed by atoms with E-state index >= 15 is 0 Å². The first kappa shape index (κ1) is 22.0. The van der Waals surface area contributed by atoms with Gasteiger partial charge in [-0.1, -0.05) is 48.8 Å². The number of halogens is 1. The maximum atomic E-state index is 12.2. The van der Waals surface area contributed by atoms with Crippen molar-refractivity contribution in [2.24, 2.45) is 0 Å².